The Kier molecular flexibility index (Phi) is 6.99. The summed E-state index contributed by atoms with van der Waals surface area (Å²) in [6, 6.07) is 7.16. The molecule has 0 amide bonds. The van der Waals surface area contributed by atoms with Gasteiger partial charge in [0.1, 0.15) is 0 Å². The van der Waals surface area contributed by atoms with Crippen LogP contribution in [-0.2, 0) is 11.2 Å². The van der Waals surface area contributed by atoms with Crippen LogP contribution in [0.4, 0.5) is 0 Å². The second-order valence-corrected chi connectivity index (χ2v) is 4.93. The average molecular weight is 249 g/mol. The molecule has 18 heavy (non-hydrogen) atoms. The van der Waals surface area contributed by atoms with Crippen LogP contribution in [0.25, 0.3) is 0 Å². The molecule has 0 fully saturated rings. The Labute approximate surface area is 112 Å². The number of hydrogen-bond acceptors (Lipinski definition) is 2. The first-order valence-electron chi connectivity index (χ1n) is 7.04. The molecule has 0 saturated heterocycles. The topological polar surface area (TPSA) is 21.3 Å². The van der Waals surface area contributed by atoms with Gasteiger partial charge in [-0.3, -0.25) is 0 Å². The molecule has 0 bridgehead atoms. The van der Waals surface area contributed by atoms with Gasteiger partial charge in [-0.2, -0.15) is 0 Å². The summed E-state index contributed by atoms with van der Waals surface area (Å²) in [6.45, 7) is 11.2. The van der Waals surface area contributed by atoms with Crippen molar-refractivity contribution in [2.75, 3.05) is 19.8 Å². The van der Waals surface area contributed by atoms with Crippen molar-refractivity contribution in [3.8, 4) is 0 Å². The molecular weight excluding hydrogens is 222 g/mol. The summed E-state index contributed by atoms with van der Waals surface area (Å²) in [6.07, 6.45) is 2.21. The molecule has 1 unspecified atom stereocenters. The van der Waals surface area contributed by atoms with Crippen molar-refractivity contribution in [1.29, 1.82) is 0 Å². The van der Waals surface area contributed by atoms with Crippen molar-refractivity contribution in [2.45, 2.75) is 46.6 Å². The van der Waals surface area contributed by atoms with E-state index in [0.717, 1.165) is 32.6 Å². The molecule has 102 valence electrons. The maximum Gasteiger partial charge on any atom is 0.0622 e. The van der Waals surface area contributed by atoms with Crippen molar-refractivity contribution in [3.05, 3.63) is 34.9 Å². The molecule has 1 N–H and O–H groups in total. The molecule has 0 aliphatic rings. The predicted molar refractivity (Wildman–Crippen MR) is 78.2 cm³/mol. The third kappa shape index (κ3) is 5.19. The number of aryl methyl sites for hydroxylation is 2. The fraction of sp³-hybridized carbons (Fsp3) is 0.625. The van der Waals surface area contributed by atoms with Crippen LogP contribution in [0.3, 0.4) is 0 Å². The van der Waals surface area contributed by atoms with E-state index in [0.29, 0.717) is 6.04 Å². The van der Waals surface area contributed by atoms with Gasteiger partial charge in [0, 0.05) is 12.6 Å². The van der Waals surface area contributed by atoms with Gasteiger partial charge in [-0.1, -0.05) is 25.1 Å². The summed E-state index contributed by atoms with van der Waals surface area (Å²) < 4.78 is 5.56. The van der Waals surface area contributed by atoms with E-state index in [9.17, 15) is 0 Å². The minimum atomic E-state index is 0.423. The molecule has 0 spiro atoms. The van der Waals surface area contributed by atoms with Crippen molar-refractivity contribution < 1.29 is 4.74 Å². The Morgan fingerprint density at radius 3 is 2.56 bits per heavy atom. The van der Waals surface area contributed by atoms with Crippen LogP contribution < -0.4 is 5.32 Å². The highest BCUT2D eigenvalue weighted by Crippen LogP contribution is 2.11. The molecule has 0 saturated carbocycles. The first-order valence-corrected chi connectivity index (χ1v) is 7.04. The van der Waals surface area contributed by atoms with Crippen molar-refractivity contribution in [1.82, 2.24) is 5.32 Å². The van der Waals surface area contributed by atoms with Crippen LogP contribution in [-0.4, -0.2) is 25.8 Å². The second-order valence-electron chi connectivity index (χ2n) is 4.93. The zero-order valence-electron chi connectivity index (χ0n) is 12.3. The van der Waals surface area contributed by atoms with Crippen LogP contribution in [0.5, 0.6) is 0 Å². The normalized spacial score (nSPS) is 12.7. The molecule has 0 aliphatic carbocycles. The lowest BCUT2D eigenvalue weighted by Gasteiger charge is -2.19. The lowest BCUT2D eigenvalue weighted by atomic mass is 10.0. The quantitative estimate of drug-likeness (QED) is 0.763. The van der Waals surface area contributed by atoms with Crippen molar-refractivity contribution >= 4 is 0 Å². The lowest BCUT2D eigenvalue weighted by Crippen LogP contribution is -2.36. The van der Waals surface area contributed by atoms with Crippen LogP contribution in [0.1, 0.15) is 37.0 Å². The molecule has 1 atom stereocenters. The molecule has 1 aromatic rings. The van der Waals surface area contributed by atoms with E-state index in [-0.39, 0.29) is 0 Å². The van der Waals surface area contributed by atoms with Crippen LogP contribution >= 0.6 is 0 Å². The van der Waals surface area contributed by atoms with E-state index in [1.54, 1.807) is 0 Å². The summed E-state index contributed by atoms with van der Waals surface area (Å²) in [7, 11) is 0. The van der Waals surface area contributed by atoms with Crippen LogP contribution in [0.2, 0.25) is 0 Å². The van der Waals surface area contributed by atoms with Gasteiger partial charge in [-0.25, -0.2) is 0 Å². The minimum absolute atomic E-state index is 0.423. The van der Waals surface area contributed by atoms with Gasteiger partial charge < -0.3 is 10.1 Å². The van der Waals surface area contributed by atoms with Gasteiger partial charge in [-0.05, 0) is 56.8 Å². The molecule has 0 aromatic heterocycles. The van der Waals surface area contributed by atoms with E-state index in [2.05, 4.69) is 44.3 Å². The maximum atomic E-state index is 5.56. The Morgan fingerprint density at radius 2 is 1.94 bits per heavy atom. The first kappa shape index (κ1) is 15.2. The molecule has 2 heteroatoms. The Morgan fingerprint density at radius 1 is 1.17 bits per heavy atom. The number of hydrogen-bond donors (Lipinski definition) is 1. The number of nitrogens with one attached hydrogen (secondary N) is 1. The average Bonchev–Trinajstić information content (AvgIpc) is 2.37. The minimum Gasteiger partial charge on any atom is -0.380 e. The van der Waals surface area contributed by atoms with E-state index >= 15 is 0 Å². The summed E-state index contributed by atoms with van der Waals surface area (Å²) in [4.78, 5) is 0. The number of rotatable bonds is 8. The van der Waals surface area contributed by atoms with E-state index in [1.165, 1.54) is 16.7 Å². The smallest absolute Gasteiger partial charge is 0.0622 e. The predicted octanol–water partition coefficient (Wildman–Crippen LogP) is 3.25. The number of ether oxygens (including phenoxy) is 1. The van der Waals surface area contributed by atoms with Gasteiger partial charge in [0.15, 0.2) is 0 Å². The van der Waals surface area contributed by atoms with Crippen molar-refractivity contribution in [3.63, 3.8) is 0 Å². The molecule has 1 rings (SSSR count). The molecule has 0 aliphatic heterocycles. The molecule has 0 radical (unpaired) electrons. The van der Waals surface area contributed by atoms with Gasteiger partial charge in [-0.15, -0.1) is 0 Å². The number of benzene rings is 1. The van der Waals surface area contributed by atoms with Gasteiger partial charge >= 0.3 is 0 Å². The highest BCUT2D eigenvalue weighted by atomic mass is 16.5. The Balaban J connectivity index is 2.59. The molecule has 2 nitrogen and oxygen atoms in total. The largest absolute Gasteiger partial charge is 0.380 e. The van der Waals surface area contributed by atoms with Gasteiger partial charge in [0.25, 0.3) is 0 Å². The molecular formula is C16H27NO. The highest BCUT2D eigenvalue weighted by Gasteiger charge is 2.09. The van der Waals surface area contributed by atoms with Crippen LogP contribution in [0.15, 0.2) is 18.2 Å². The zero-order valence-corrected chi connectivity index (χ0v) is 12.3. The Bertz CT molecular complexity index is 341. The van der Waals surface area contributed by atoms with Gasteiger partial charge in [0.05, 0.1) is 6.61 Å². The summed E-state index contributed by atoms with van der Waals surface area (Å²) in [5, 5.41) is 3.56. The highest BCUT2D eigenvalue weighted by molar-refractivity contribution is 5.30. The third-order valence-corrected chi connectivity index (χ3v) is 3.26. The standard InChI is InChI=1S/C16H27NO/c1-5-9-17-16(12-18-6-2)11-15-8-7-13(3)14(4)10-15/h7-8,10,16-17H,5-6,9,11-12H2,1-4H3. The zero-order chi connectivity index (χ0) is 13.4. The van der Waals surface area contributed by atoms with E-state index in [1.807, 2.05) is 6.92 Å². The molecule has 0 heterocycles. The fourth-order valence-electron chi connectivity index (χ4n) is 2.01. The van der Waals surface area contributed by atoms with E-state index in [4.69, 9.17) is 4.74 Å². The summed E-state index contributed by atoms with van der Waals surface area (Å²) >= 11 is 0. The van der Waals surface area contributed by atoms with E-state index < -0.39 is 0 Å². The molecule has 1 aromatic carbocycles. The third-order valence-electron chi connectivity index (χ3n) is 3.26. The summed E-state index contributed by atoms with van der Waals surface area (Å²) in [5.74, 6) is 0. The SMILES string of the molecule is CCCNC(COCC)Cc1ccc(C)c(C)c1. The lowest BCUT2D eigenvalue weighted by molar-refractivity contribution is 0.122. The second kappa shape index (κ2) is 8.28. The van der Waals surface area contributed by atoms with Crippen LogP contribution in [0, 0.1) is 13.8 Å². The fourth-order valence-corrected chi connectivity index (χ4v) is 2.01. The maximum absolute atomic E-state index is 5.56. The van der Waals surface area contributed by atoms with Gasteiger partial charge in [0.2, 0.25) is 0 Å². The summed E-state index contributed by atoms with van der Waals surface area (Å²) in [5.41, 5.74) is 4.13. The first-order chi connectivity index (χ1) is 8.67. The Hall–Kier alpha value is -0.860. The van der Waals surface area contributed by atoms with Crippen molar-refractivity contribution in [2.24, 2.45) is 0 Å². The monoisotopic (exact) mass is 249 g/mol.